The molecule has 3 aromatic rings. The van der Waals surface area contributed by atoms with E-state index in [4.69, 9.17) is 16.3 Å². The van der Waals surface area contributed by atoms with Crippen LogP contribution < -0.4 is 16.6 Å². The molecule has 1 heterocycles. The summed E-state index contributed by atoms with van der Waals surface area (Å²) in [5, 5.41) is 27.7. The normalized spacial score (nSPS) is 15.9. The van der Waals surface area contributed by atoms with Gasteiger partial charge in [0.25, 0.3) is 11.5 Å². The van der Waals surface area contributed by atoms with Gasteiger partial charge in [-0.3, -0.25) is 14.2 Å². The molecule has 0 bridgehead atoms. The van der Waals surface area contributed by atoms with Crippen LogP contribution >= 0.6 is 11.6 Å². The number of nitrogens with zero attached hydrogens (tertiary/aromatic N) is 3. The van der Waals surface area contributed by atoms with Crippen molar-refractivity contribution in [2.45, 2.75) is 64.0 Å². The van der Waals surface area contributed by atoms with Gasteiger partial charge in [-0.15, -0.1) is 0 Å². The Hall–Kier alpha value is -3.31. The smallest absolute Gasteiger partial charge is 0.352 e. The van der Waals surface area contributed by atoms with E-state index < -0.39 is 29.5 Å². The zero-order valence-electron chi connectivity index (χ0n) is 21.5. The average molecular weight is 557 g/mol. The third-order valence-corrected chi connectivity index (χ3v) is 7.17. The first-order chi connectivity index (χ1) is 18.8. The topological polar surface area (TPSA) is 136 Å². The van der Waals surface area contributed by atoms with Crippen LogP contribution in [0.1, 0.15) is 54.4 Å². The van der Waals surface area contributed by atoms with Crippen molar-refractivity contribution in [1.29, 1.82) is 0 Å². The predicted octanol–water partition coefficient (Wildman–Crippen LogP) is 2.64. The average Bonchev–Trinajstić information content (AvgIpc) is 3.22. The van der Waals surface area contributed by atoms with Gasteiger partial charge in [0.05, 0.1) is 42.1 Å². The van der Waals surface area contributed by atoms with Gasteiger partial charge in [-0.05, 0) is 36.6 Å². The zero-order chi connectivity index (χ0) is 27.8. The van der Waals surface area contributed by atoms with Gasteiger partial charge in [0.2, 0.25) is 0 Å². The fraction of sp³-hybridized carbons (Fsp3) is 0.429. The van der Waals surface area contributed by atoms with Gasteiger partial charge >= 0.3 is 5.69 Å². The van der Waals surface area contributed by atoms with Gasteiger partial charge in [-0.25, -0.2) is 4.79 Å². The highest BCUT2D eigenvalue weighted by Gasteiger charge is 2.24. The van der Waals surface area contributed by atoms with Gasteiger partial charge < -0.3 is 20.3 Å². The quantitative estimate of drug-likeness (QED) is 0.258. The minimum absolute atomic E-state index is 0.0330. The number of aromatic nitrogens is 3. The van der Waals surface area contributed by atoms with Crippen molar-refractivity contribution < 1.29 is 19.7 Å². The predicted molar refractivity (Wildman–Crippen MR) is 146 cm³/mol. The van der Waals surface area contributed by atoms with Crippen LogP contribution in [0.2, 0.25) is 5.02 Å². The highest BCUT2D eigenvalue weighted by atomic mass is 35.5. The van der Waals surface area contributed by atoms with E-state index in [1.165, 1.54) is 18.2 Å². The first-order valence-corrected chi connectivity index (χ1v) is 13.5. The lowest BCUT2D eigenvalue weighted by molar-refractivity contribution is 0.0191. The van der Waals surface area contributed by atoms with Gasteiger partial charge in [0.1, 0.15) is 12.4 Å². The van der Waals surface area contributed by atoms with E-state index in [9.17, 15) is 24.6 Å². The standard InChI is InChI=1S/C28H33ClN4O6/c29-24-13-12-21(14-23(24)27(37)31-26(36)20-10-6-1-2-7-11-20)33-28(38)32(25(35)15-30-33)16-22(34)18-39-17-19-8-4-3-5-9-19/h3-5,8-9,12-15,20,22,26,34,36H,1-2,6-7,10-11,16-18H2,(H,31,37). The van der Waals surface area contributed by atoms with Crippen molar-refractivity contribution in [3.63, 3.8) is 0 Å². The van der Waals surface area contributed by atoms with E-state index >= 15 is 0 Å². The summed E-state index contributed by atoms with van der Waals surface area (Å²) in [6.45, 7) is -0.112. The summed E-state index contributed by atoms with van der Waals surface area (Å²) in [5.41, 5.74) is -0.296. The monoisotopic (exact) mass is 556 g/mol. The molecule has 0 spiro atoms. The number of amides is 1. The molecule has 0 aliphatic heterocycles. The Labute approximate surface area is 230 Å². The van der Waals surface area contributed by atoms with Crippen LogP contribution in [0.5, 0.6) is 0 Å². The van der Waals surface area contributed by atoms with Crippen LogP contribution in [0.3, 0.4) is 0 Å². The lowest BCUT2D eigenvalue weighted by Gasteiger charge is -2.22. The van der Waals surface area contributed by atoms with Gasteiger partial charge in [-0.2, -0.15) is 9.78 Å². The molecule has 1 fully saturated rings. The largest absolute Gasteiger partial charge is 0.389 e. The van der Waals surface area contributed by atoms with Gasteiger partial charge in [0, 0.05) is 5.92 Å². The molecule has 2 aromatic carbocycles. The summed E-state index contributed by atoms with van der Waals surface area (Å²) in [4.78, 5) is 38.5. The Bertz CT molecular complexity index is 1370. The number of aliphatic hydroxyl groups is 2. The molecule has 0 saturated heterocycles. The van der Waals surface area contributed by atoms with Crippen LogP contribution in [0.4, 0.5) is 0 Å². The van der Waals surface area contributed by atoms with Crippen LogP contribution in [-0.4, -0.2) is 49.4 Å². The molecule has 1 aromatic heterocycles. The summed E-state index contributed by atoms with van der Waals surface area (Å²) in [6.07, 6.45) is 4.74. The summed E-state index contributed by atoms with van der Waals surface area (Å²) in [7, 11) is 0. The molecule has 10 nitrogen and oxygen atoms in total. The minimum atomic E-state index is -1.12. The molecule has 2 atom stereocenters. The number of carbonyl (C=O) groups is 1. The number of ether oxygens (including phenoxy) is 1. The SMILES string of the molecule is O=C(NC(O)C1CCCCCC1)c1cc(-n2ncc(=O)n(CC(O)COCc3ccccc3)c2=O)ccc1Cl. The Morgan fingerprint density at radius 2 is 1.79 bits per heavy atom. The van der Waals surface area contributed by atoms with Crippen molar-refractivity contribution in [1.82, 2.24) is 19.7 Å². The maximum absolute atomic E-state index is 13.1. The Balaban J connectivity index is 1.47. The van der Waals surface area contributed by atoms with Crippen molar-refractivity contribution in [3.05, 3.63) is 91.7 Å². The number of halogens is 1. The molecule has 1 aliphatic rings. The molecular formula is C28H33ClN4O6. The first kappa shape index (κ1) is 28.7. The maximum Gasteiger partial charge on any atom is 0.352 e. The molecule has 1 saturated carbocycles. The van der Waals surface area contributed by atoms with Crippen molar-refractivity contribution in [3.8, 4) is 5.69 Å². The second-order valence-corrected chi connectivity index (χ2v) is 10.2. The fourth-order valence-corrected chi connectivity index (χ4v) is 4.91. The highest BCUT2D eigenvalue weighted by molar-refractivity contribution is 6.33. The Morgan fingerprint density at radius 3 is 2.51 bits per heavy atom. The zero-order valence-corrected chi connectivity index (χ0v) is 22.3. The van der Waals surface area contributed by atoms with E-state index in [2.05, 4.69) is 10.4 Å². The summed E-state index contributed by atoms with van der Waals surface area (Å²) >= 11 is 6.28. The van der Waals surface area contributed by atoms with E-state index in [-0.39, 0.29) is 41.9 Å². The summed E-state index contributed by atoms with van der Waals surface area (Å²) < 4.78 is 7.32. The maximum atomic E-state index is 13.1. The van der Waals surface area contributed by atoms with E-state index in [0.717, 1.165) is 59.5 Å². The third kappa shape index (κ3) is 7.63. The number of rotatable bonds is 10. The van der Waals surface area contributed by atoms with Crippen molar-refractivity contribution >= 4 is 17.5 Å². The first-order valence-electron chi connectivity index (χ1n) is 13.1. The molecule has 39 heavy (non-hydrogen) atoms. The Morgan fingerprint density at radius 1 is 1.08 bits per heavy atom. The summed E-state index contributed by atoms with van der Waals surface area (Å²) in [6, 6.07) is 13.7. The summed E-state index contributed by atoms with van der Waals surface area (Å²) in [5.74, 6) is -0.611. The van der Waals surface area contributed by atoms with Gasteiger partial charge in [-0.1, -0.05) is 67.6 Å². The molecule has 208 valence electrons. The molecule has 1 aliphatic carbocycles. The molecule has 0 radical (unpaired) electrons. The van der Waals surface area contributed by atoms with Crippen LogP contribution in [0.25, 0.3) is 5.69 Å². The number of carbonyl (C=O) groups excluding carboxylic acids is 1. The van der Waals surface area contributed by atoms with E-state index in [1.807, 2.05) is 30.3 Å². The molecule has 2 unspecified atom stereocenters. The molecular weight excluding hydrogens is 524 g/mol. The number of benzene rings is 2. The van der Waals surface area contributed by atoms with E-state index in [1.54, 1.807) is 0 Å². The number of nitrogens with one attached hydrogen (secondary N) is 1. The molecule has 4 rings (SSSR count). The number of hydrogen-bond acceptors (Lipinski definition) is 7. The lowest BCUT2D eigenvalue weighted by atomic mass is 9.98. The second kappa shape index (κ2) is 13.7. The fourth-order valence-electron chi connectivity index (χ4n) is 4.71. The minimum Gasteiger partial charge on any atom is -0.389 e. The lowest BCUT2D eigenvalue weighted by Crippen LogP contribution is -2.43. The van der Waals surface area contributed by atoms with Gasteiger partial charge in [0.15, 0.2) is 0 Å². The van der Waals surface area contributed by atoms with E-state index in [0.29, 0.717) is 0 Å². The highest BCUT2D eigenvalue weighted by Crippen LogP contribution is 2.25. The Kier molecular flexibility index (Phi) is 10.0. The van der Waals surface area contributed by atoms with Crippen LogP contribution in [0.15, 0.2) is 64.3 Å². The van der Waals surface area contributed by atoms with Crippen LogP contribution in [-0.2, 0) is 17.9 Å². The molecule has 1 amide bonds. The van der Waals surface area contributed by atoms with Crippen molar-refractivity contribution in [2.75, 3.05) is 6.61 Å². The molecule has 3 N–H and O–H groups in total. The van der Waals surface area contributed by atoms with Crippen molar-refractivity contribution in [2.24, 2.45) is 5.92 Å². The van der Waals surface area contributed by atoms with Crippen LogP contribution in [0, 0.1) is 5.92 Å². The third-order valence-electron chi connectivity index (χ3n) is 6.84. The number of hydrogen-bond donors (Lipinski definition) is 3. The molecule has 11 heteroatoms. The number of aliphatic hydroxyl groups excluding tert-OH is 2. The second-order valence-electron chi connectivity index (χ2n) is 9.78.